The molecule has 1 aromatic rings. The molecule has 6 nitrogen and oxygen atoms in total. The second kappa shape index (κ2) is 6.78. The van der Waals surface area contributed by atoms with Gasteiger partial charge < -0.3 is 10.6 Å². The monoisotopic (exact) mass is 407 g/mol. The molecule has 1 heterocycles. The Hall–Kier alpha value is -1.89. The Labute approximate surface area is 155 Å². The van der Waals surface area contributed by atoms with Crippen molar-refractivity contribution in [3.63, 3.8) is 0 Å². The van der Waals surface area contributed by atoms with E-state index < -0.39 is 11.6 Å². The zero-order chi connectivity index (χ0) is 18.2. The summed E-state index contributed by atoms with van der Waals surface area (Å²) in [7, 11) is 0. The van der Waals surface area contributed by atoms with Gasteiger partial charge in [0.2, 0.25) is 5.91 Å². The normalized spacial score (nSPS) is 26.0. The molecule has 0 bridgehead atoms. The summed E-state index contributed by atoms with van der Waals surface area (Å²) >= 11 is 3.41. The highest BCUT2D eigenvalue weighted by Crippen LogP contribution is 2.38. The zero-order valence-corrected chi connectivity index (χ0v) is 16.0. The smallest absolute Gasteiger partial charge is 0.325 e. The molecule has 25 heavy (non-hydrogen) atoms. The number of hydrogen-bond acceptors (Lipinski definition) is 3. The first kappa shape index (κ1) is 17.9. The standard InChI is InChI=1S/C18H22BrN3O3/c1-11-9-13(6-7-14(11)19)20-15(23)10-22-16(24)18(21-17(22)25)8-4-3-5-12(18)2/h6-7,9,12H,3-5,8,10H2,1-2H3,(H,20,23)(H,21,25)/t12-,18+/m1/s1. The van der Waals surface area contributed by atoms with Crippen molar-refractivity contribution >= 4 is 39.5 Å². The van der Waals surface area contributed by atoms with Crippen LogP contribution < -0.4 is 10.6 Å². The minimum Gasteiger partial charge on any atom is -0.325 e. The second-order valence-corrected chi connectivity index (χ2v) is 7.81. The molecule has 1 saturated heterocycles. The molecular formula is C18H22BrN3O3. The Balaban J connectivity index is 1.69. The number of aryl methyl sites for hydroxylation is 1. The van der Waals surface area contributed by atoms with E-state index in [0.717, 1.165) is 34.2 Å². The average Bonchev–Trinajstić information content (AvgIpc) is 2.79. The van der Waals surface area contributed by atoms with Crippen LogP contribution in [0.3, 0.4) is 0 Å². The molecular weight excluding hydrogens is 386 g/mol. The highest BCUT2D eigenvalue weighted by molar-refractivity contribution is 9.10. The van der Waals surface area contributed by atoms with Crippen molar-refractivity contribution in [1.82, 2.24) is 10.2 Å². The van der Waals surface area contributed by atoms with Crippen LogP contribution in [-0.4, -0.2) is 34.8 Å². The maximum absolute atomic E-state index is 12.8. The predicted octanol–water partition coefficient (Wildman–Crippen LogP) is 3.20. The van der Waals surface area contributed by atoms with Crippen molar-refractivity contribution in [3.8, 4) is 0 Å². The molecule has 2 N–H and O–H groups in total. The molecule has 0 radical (unpaired) electrons. The largest absolute Gasteiger partial charge is 0.325 e. The number of nitrogens with zero attached hydrogens (tertiary/aromatic N) is 1. The van der Waals surface area contributed by atoms with Gasteiger partial charge in [-0.25, -0.2) is 4.79 Å². The number of benzene rings is 1. The molecule has 1 aromatic carbocycles. The number of carbonyl (C=O) groups excluding carboxylic acids is 3. The van der Waals surface area contributed by atoms with Crippen LogP contribution in [0.25, 0.3) is 0 Å². The maximum atomic E-state index is 12.8. The van der Waals surface area contributed by atoms with Crippen LogP contribution in [0.5, 0.6) is 0 Å². The molecule has 0 unspecified atom stereocenters. The van der Waals surface area contributed by atoms with E-state index in [1.54, 1.807) is 6.07 Å². The Morgan fingerprint density at radius 3 is 2.84 bits per heavy atom. The molecule has 1 spiro atoms. The molecule has 2 atom stereocenters. The Kier molecular flexibility index (Phi) is 4.86. The van der Waals surface area contributed by atoms with Crippen LogP contribution in [-0.2, 0) is 9.59 Å². The van der Waals surface area contributed by atoms with Gasteiger partial charge in [-0.05, 0) is 49.4 Å². The lowest BCUT2D eigenvalue weighted by atomic mass is 9.73. The zero-order valence-electron chi connectivity index (χ0n) is 14.4. The van der Waals surface area contributed by atoms with E-state index in [0.29, 0.717) is 12.1 Å². The van der Waals surface area contributed by atoms with Crippen LogP contribution in [0.2, 0.25) is 0 Å². The number of carbonyl (C=O) groups is 3. The Bertz CT molecular complexity index is 736. The molecule has 2 fully saturated rings. The fourth-order valence-electron chi connectivity index (χ4n) is 3.71. The van der Waals surface area contributed by atoms with Gasteiger partial charge in [0.25, 0.3) is 5.91 Å². The third-order valence-corrected chi connectivity index (χ3v) is 6.13. The van der Waals surface area contributed by atoms with Gasteiger partial charge in [-0.15, -0.1) is 0 Å². The van der Waals surface area contributed by atoms with Gasteiger partial charge in [-0.3, -0.25) is 14.5 Å². The number of rotatable bonds is 3. The van der Waals surface area contributed by atoms with E-state index in [-0.39, 0.29) is 24.3 Å². The van der Waals surface area contributed by atoms with Gasteiger partial charge in [0.1, 0.15) is 12.1 Å². The quantitative estimate of drug-likeness (QED) is 0.755. The number of nitrogens with one attached hydrogen (secondary N) is 2. The summed E-state index contributed by atoms with van der Waals surface area (Å²) in [5.41, 5.74) is 0.797. The van der Waals surface area contributed by atoms with Gasteiger partial charge in [0.05, 0.1) is 0 Å². The van der Waals surface area contributed by atoms with Crippen molar-refractivity contribution in [2.45, 2.75) is 45.1 Å². The number of urea groups is 1. The van der Waals surface area contributed by atoms with Crippen LogP contribution in [0.15, 0.2) is 22.7 Å². The summed E-state index contributed by atoms with van der Waals surface area (Å²) in [4.78, 5) is 38.5. The molecule has 2 aliphatic rings. The van der Waals surface area contributed by atoms with Crippen LogP contribution in [0.4, 0.5) is 10.5 Å². The van der Waals surface area contributed by atoms with Crippen molar-refractivity contribution in [2.75, 3.05) is 11.9 Å². The highest BCUT2D eigenvalue weighted by Gasteiger charge is 2.55. The summed E-state index contributed by atoms with van der Waals surface area (Å²) in [6, 6.07) is 4.97. The van der Waals surface area contributed by atoms with Gasteiger partial charge in [-0.1, -0.05) is 35.7 Å². The van der Waals surface area contributed by atoms with E-state index in [4.69, 9.17) is 0 Å². The van der Waals surface area contributed by atoms with Crippen LogP contribution >= 0.6 is 15.9 Å². The minimum absolute atomic E-state index is 0.0832. The summed E-state index contributed by atoms with van der Waals surface area (Å²) < 4.78 is 0.952. The summed E-state index contributed by atoms with van der Waals surface area (Å²) in [5.74, 6) is -0.572. The van der Waals surface area contributed by atoms with Crippen molar-refractivity contribution < 1.29 is 14.4 Å². The average molecular weight is 408 g/mol. The predicted molar refractivity (Wildman–Crippen MR) is 98.1 cm³/mol. The number of hydrogen-bond donors (Lipinski definition) is 2. The first-order chi connectivity index (χ1) is 11.8. The van der Waals surface area contributed by atoms with Crippen molar-refractivity contribution in [3.05, 3.63) is 28.2 Å². The first-order valence-electron chi connectivity index (χ1n) is 8.53. The second-order valence-electron chi connectivity index (χ2n) is 6.95. The Morgan fingerprint density at radius 2 is 2.16 bits per heavy atom. The molecule has 1 aliphatic carbocycles. The number of anilines is 1. The highest BCUT2D eigenvalue weighted by atomic mass is 79.9. The fourth-order valence-corrected chi connectivity index (χ4v) is 3.95. The molecule has 7 heteroatoms. The lowest BCUT2D eigenvalue weighted by Gasteiger charge is -2.36. The summed E-state index contributed by atoms with van der Waals surface area (Å²) in [5, 5.41) is 5.60. The Morgan fingerprint density at radius 1 is 1.40 bits per heavy atom. The lowest BCUT2D eigenvalue weighted by molar-refractivity contribution is -0.136. The third kappa shape index (κ3) is 3.29. The van der Waals surface area contributed by atoms with E-state index in [9.17, 15) is 14.4 Å². The first-order valence-corrected chi connectivity index (χ1v) is 9.33. The van der Waals surface area contributed by atoms with Crippen LogP contribution in [0, 0.1) is 12.8 Å². The molecule has 134 valence electrons. The number of amides is 4. The van der Waals surface area contributed by atoms with Crippen molar-refractivity contribution in [2.24, 2.45) is 5.92 Å². The van der Waals surface area contributed by atoms with E-state index in [2.05, 4.69) is 26.6 Å². The number of imide groups is 1. The van der Waals surface area contributed by atoms with E-state index in [1.165, 1.54) is 0 Å². The maximum Gasteiger partial charge on any atom is 0.325 e. The van der Waals surface area contributed by atoms with Gasteiger partial charge >= 0.3 is 6.03 Å². The summed E-state index contributed by atoms with van der Waals surface area (Å²) in [6.45, 7) is 3.64. The van der Waals surface area contributed by atoms with E-state index >= 15 is 0 Å². The molecule has 1 saturated carbocycles. The van der Waals surface area contributed by atoms with Gasteiger partial charge in [0.15, 0.2) is 0 Å². The van der Waals surface area contributed by atoms with Gasteiger partial charge in [-0.2, -0.15) is 0 Å². The molecule has 1 aliphatic heterocycles. The minimum atomic E-state index is -0.830. The van der Waals surface area contributed by atoms with Crippen LogP contribution in [0.1, 0.15) is 38.2 Å². The number of halogens is 1. The SMILES string of the molecule is Cc1cc(NC(=O)CN2C(=O)N[C@]3(CCCC[C@H]3C)C2=O)ccc1Br. The molecule has 3 rings (SSSR count). The topological polar surface area (TPSA) is 78.5 Å². The molecule has 0 aromatic heterocycles. The molecule has 4 amide bonds. The van der Waals surface area contributed by atoms with Crippen molar-refractivity contribution in [1.29, 1.82) is 0 Å². The van der Waals surface area contributed by atoms with Gasteiger partial charge in [0, 0.05) is 10.2 Å². The third-order valence-electron chi connectivity index (χ3n) is 5.24. The fraction of sp³-hybridized carbons (Fsp3) is 0.500. The summed E-state index contributed by atoms with van der Waals surface area (Å²) in [6.07, 6.45) is 3.52. The lowest BCUT2D eigenvalue weighted by Crippen LogP contribution is -2.54. The van der Waals surface area contributed by atoms with E-state index in [1.807, 2.05) is 26.0 Å².